The summed E-state index contributed by atoms with van der Waals surface area (Å²) in [6, 6.07) is 20.8. The lowest BCUT2D eigenvalue weighted by atomic mass is 9.84. The van der Waals surface area contributed by atoms with Gasteiger partial charge in [0.15, 0.2) is 0 Å². The highest BCUT2D eigenvalue weighted by Gasteiger charge is 2.30. The summed E-state index contributed by atoms with van der Waals surface area (Å²) in [4.78, 5) is 0. The fourth-order valence-electron chi connectivity index (χ4n) is 3.12. The molecule has 0 spiro atoms. The first-order chi connectivity index (χ1) is 11.7. The van der Waals surface area contributed by atoms with Crippen LogP contribution in [-0.2, 0) is 9.47 Å². The monoisotopic (exact) mass is 340 g/mol. The van der Waals surface area contributed by atoms with Gasteiger partial charge in [-0.3, -0.25) is 0 Å². The van der Waals surface area contributed by atoms with Crippen LogP contribution in [0.1, 0.15) is 64.9 Å². The van der Waals surface area contributed by atoms with Crippen molar-refractivity contribution in [3.05, 3.63) is 71.8 Å². The van der Waals surface area contributed by atoms with Crippen molar-refractivity contribution in [2.24, 2.45) is 10.8 Å². The van der Waals surface area contributed by atoms with Crippen molar-refractivity contribution in [3.63, 3.8) is 0 Å². The summed E-state index contributed by atoms with van der Waals surface area (Å²) < 4.78 is 12.4. The van der Waals surface area contributed by atoms with Gasteiger partial charge in [-0.15, -0.1) is 0 Å². The van der Waals surface area contributed by atoms with Crippen molar-refractivity contribution in [2.45, 2.75) is 53.8 Å². The molecule has 2 heteroatoms. The van der Waals surface area contributed by atoms with E-state index in [0.717, 1.165) is 0 Å². The third-order valence-electron chi connectivity index (χ3n) is 4.25. The lowest BCUT2D eigenvalue weighted by Crippen LogP contribution is -2.26. The zero-order chi connectivity index (χ0) is 18.5. The van der Waals surface area contributed by atoms with Crippen molar-refractivity contribution in [1.82, 2.24) is 0 Å². The summed E-state index contributed by atoms with van der Waals surface area (Å²) >= 11 is 0. The molecule has 25 heavy (non-hydrogen) atoms. The highest BCUT2D eigenvalue weighted by molar-refractivity contribution is 5.20. The van der Waals surface area contributed by atoms with E-state index in [0.29, 0.717) is 0 Å². The Hall–Kier alpha value is -1.64. The summed E-state index contributed by atoms with van der Waals surface area (Å²) in [6.45, 7) is 13.5. The number of ether oxygens (including phenoxy) is 2. The van der Waals surface area contributed by atoms with Gasteiger partial charge in [0, 0.05) is 0 Å². The van der Waals surface area contributed by atoms with Gasteiger partial charge in [-0.2, -0.15) is 0 Å². The quantitative estimate of drug-likeness (QED) is 0.555. The Bertz CT molecular complexity index is 563. The fourth-order valence-corrected chi connectivity index (χ4v) is 3.12. The second kappa shape index (κ2) is 8.16. The molecule has 0 N–H and O–H groups in total. The van der Waals surface area contributed by atoms with Crippen LogP contribution in [0, 0.1) is 10.8 Å². The van der Waals surface area contributed by atoms with Crippen molar-refractivity contribution in [3.8, 4) is 0 Å². The van der Waals surface area contributed by atoms with E-state index in [1.54, 1.807) is 0 Å². The molecule has 0 heterocycles. The Labute approximate surface area is 153 Å². The smallest absolute Gasteiger partial charge is 0.148 e. The summed E-state index contributed by atoms with van der Waals surface area (Å²) in [7, 11) is 0. The molecule has 0 radical (unpaired) electrons. The molecule has 136 valence electrons. The van der Waals surface area contributed by atoms with Crippen molar-refractivity contribution in [2.75, 3.05) is 6.79 Å². The van der Waals surface area contributed by atoms with Gasteiger partial charge in [-0.1, -0.05) is 102 Å². The summed E-state index contributed by atoms with van der Waals surface area (Å²) in [5, 5.41) is 0. The van der Waals surface area contributed by atoms with Crippen LogP contribution in [0.4, 0.5) is 0 Å². The van der Waals surface area contributed by atoms with Gasteiger partial charge in [0.25, 0.3) is 0 Å². The average Bonchev–Trinajstić information content (AvgIpc) is 2.54. The van der Waals surface area contributed by atoms with E-state index in [-0.39, 0.29) is 29.8 Å². The largest absolute Gasteiger partial charge is 0.347 e. The maximum absolute atomic E-state index is 6.22. The van der Waals surface area contributed by atoms with Crippen LogP contribution in [0.2, 0.25) is 0 Å². The zero-order valence-corrected chi connectivity index (χ0v) is 16.5. The van der Waals surface area contributed by atoms with Crippen LogP contribution in [0.5, 0.6) is 0 Å². The highest BCUT2D eigenvalue weighted by Crippen LogP contribution is 2.39. The summed E-state index contributed by atoms with van der Waals surface area (Å²) in [5.41, 5.74) is 2.36. The van der Waals surface area contributed by atoms with E-state index in [2.05, 4.69) is 90.1 Å². The lowest BCUT2D eigenvalue weighted by Gasteiger charge is -2.34. The first-order valence-electron chi connectivity index (χ1n) is 9.02. The second-order valence-corrected chi connectivity index (χ2v) is 8.76. The minimum atomic E-state index is -0.00917. The molecule has 2 atom stereocenters. The SMILES string of the molecule is CC(C)(C)[C@H](OCO[C@H](c1ccccc1)C(C)(C)C)c1ccccc1. The molecular formula is C23H32O2. The standard InChI is InChI=1S/C23H32O2/c1-22(2,3)20(18-13-9-7-10-14-18)24-17-25-21(23(4,5)6)19-15-11-8-12-16-19/h7-16,20-21H,17H2,1-6H3/t20-,21-/m1/s1. The van der Waals surface area contributed by atoms with E-state index in [9.17, 15) is 0 Å². The molecule has 0 aromatic heterocycles. The molecule has 0 aliphatic carbocycles. The normalized spacial score (nSPS) is 15.0. The predicted octanol–water partition coefficient (Wildman–Crippen LogP) is 6.55. The van der Waals surface area contributed by atoms with Crippen molar-refractivity contribution in [1.29, 1.82) is 0 Å². The minimum Gasteiger partial charge on any atom is -0.347 e. The third-order valence-corrected chi connectivity index (χ3v) is 4.25. The topological polar surface area (TPSA) is 18.5 Å². The number of hydrogen-bond donors (Lipinski definition) is 0. The molecule has 0 bridgehead atoms. The summed E-state index contributed by atoms with van der Waals surface area (Å²) in [5.74, 6) is 0. The molecule has 2 aromatic carbocycles. The molecule has 0 saturated heterocycles. The van der Waals surface area contributed by atoms with E-state index >= 15 is 0 Å². The lowest BCUT2D eigenvalue weighted by molar-refractivity contribution is -0.166. The maximum atomic E-state index is 6.22. The Balaban J connectivity index is 2.09. The number of benzene rings is 2. The molecule has 0 aliphatic rings. The minimum absolute atomic E-state index is 0.00527. The molecule has 0 saturated carbocycles. The highest BCUT2D eigenvalue weighted by atomic mass is 16.7. The van der Waals surface area contributed by atoms with E-state index < -0.39 is 0 Å². The Morgan fingerprint density at radius 3 is 1.20 bits per heavy atom. The van der Waals surface area contributed by atoms with Gasteiger partial charge in [0.2, 0.25) is 0 Å². The molecule has 2 nitrogen and oxygen atoms in total. The molecule has 2 aromatic rings. The van der Waals surface area contributed by atoms with Gasteiger partial charge in [0.1, 0.15) is 6.79 Å². The Morgan fingerprint density at radius 2 is 0.920 bits per heavy atom. The van der Waals surface area contributed by atoms with Gasteiger partial charge < -0.3 is 9.47 Å². The van der Waals surface area contributed by atoms with Crippen LogP contribution in [-0.4, -0.2) is 6.79 Å². The molecular weight excluding hydrogens is 308 g/mol. The van der Waals surface area contributed by atoms with E-state index in [1.807, 2.05) is 12.1 Å². The predicted molar refractivity (Wildman–Crippen MR) is 104 cm³/mol. The van der Waals surface area contributed by atoms with Crippen LogP contribution < -0.4 is 0 Å². The molecule has 0 unspecified atom stereocenters. The van der Waals surface area contributed by atoms with Crippen LogP contribution >= 0.6 is 0 Å². The van der Waals surface area contributed by atoms with Crippen LogP contribution in [0.25, 0.3) is 0 Å². The fraction of sp³-hybridized carbons (Fsp3) is 0.478. The van der Waals surface area contributed by atoms with Gasteiger partial charge in [-0.25, -0.2) is 0 Å². The molecule has 0 amide bonds. The van der Waals surface area contributed by atoms with Gasteiger partial charge >= 0.3 is 0 Å². The van der Waals surface area contributed by atoms with Crippen LogP contribution in [0.3, 0.4) is 0 Å². The number of rotatable bonds is 6. The Kier molecular flexibility index (Phi) is 6.42. The van der Waals surface area contributed by atoms with Crippen molar-refractivity contribution < 1.29 is 9.47 Å². The zero-order valence-electron chi connectivity index (χ0n) is 16.5. The van der Waals surface area contributed by atoms with Crippen LogP contribution in [0.15, 0.2) is 60.7 Å². The maximum Gasteiger partial charge on any atom is 0.148 e. The second-order valence-electron chi connectivity index (χ2n) is 8.76. The van der Waals surface area contributed by atoms with Crippen molar-refractivity contribution >= 4 is 0 Å². The van der Waals surface area contributed by atoms with Gasteiger partial charge in [-0.05, 0) is 22.0 Å². The average molecular weight is 341 g/mol. The van der Waals surface area contributed by atoms with E-state index in [1.165, 1.54) is 11.1 Å². The molecule has 2 rings (SSSR count). The first kappa shape index (κ1) is 19.7. The Morgan fingerprint density at radius 1 is 0.600 bits per heavy atom. The molecule has 0 aliphatic heterocycles. The van der Waals surface area contributed by atoms with Gasteiger partial charge in [0.05, 0.1) is 12.2 Å². The third kappa shape index (κ3) is 5.69. The van der Waals surface area contributed by atoms with E-state index in [4.69, 9.17) is 9.47 Å². The summed E-state index contributed by atoms with van der Waals surface area (Å²) in [6.07, 6.45) is -0.0183. The first-order valence-corrected chi connectivity index (χ1v) is 9.02. The number of hydrogen-bond acceptors (Lipinski definition) is 2. The molecule has 0 fully saturated rings.